The van der Waals surface area contributed by atoms with E-state index in [0.29, 0.717) is 0 Å². The third-order valence-corrected chi connectivity index (χ3v) is 1.93. The highest BCUT2D eigenvalue weighted by atomic mass is 16.5. The third-order valence-electron chi connectivity index (χ3n) is 1.93. The minimum absolute atomic E-state index is 0.847. The molecule has 1 aliphatic heterocycles. The lowest BCUT2D eigenvalue weighted by atomic mass is 10.3. The van der Waals surface area contributed by atoms with E-state index in [9.17, 15) is 0 Å². The molecule has 0 atom stereocenters. The Morgan fingerprint density at radius 3 is 2.83 bits per heavy atom. The molecule has 1 heterocycles. The molecule has 0 radical (unpaired) electrons. The average Bonchev–Trinajstić information content (AvgIpc) is 2.14. The van der Waals surface area contributed by atoms with Crippen LogP contribution in [0.3, 0.4) is 0 Å². The van der Waals surface area contributed by atoms with Crippen LogP contribution in [0.1, 0.15) is 19.8 Å². The van der Waals surface area contributed by atoms with Gasteiger partial charge in [-0.1, -0.05) is 13.3 Å². The second-order valence-corrected chi connectivity index (χ2v) is 3.02. The molecule has 0 N–H and O–H groups in total. The summed E-state index contributed by atoms with van der Waals surface area (Å²) >= 11 is 0. The fourth-order valence-corrected chi connectivity index (χ4v) is 1.12. The maximum Gasteiger partial charge on any atom is 0.0851 e. The quantitative estimate of drug-likeness (QED) is 0.359. The topological polar surface area (TPSA) is 24.8 Å². The Hall–Kier alpha value is -0.570. The third kappa shape index (κ3) is 3.72. The molecule has 0 saturated carbocycles. The zero-order valence-electron chi connectivity index (χ0n) is 7.83. The van der Waals surface area contributed by atoms with Gasteiger partial charge in [0.05, 0.1) is 19.6 Å². The Bertz CT molecular complexity index is 130. The van der Waals surface area contributed by atoms with Gasteiger partial charge in [0.25, 0.3) is 0 Å². The predicted molar refractivity (Wildman–Crippen MR) is 50.7 cm³/mol. The van der Waals surface area contributed by atoms with Crippen molar-refractivity contribution in [3.8, 4) is 0 Å². The van der Waals surface area contributed by atoms with Crippen LogP contribution in [0.15, 0.2) is 4.99 Å². The number of aliphatic imine (C=N–C) groups is 1. The second-order valence-electron chi connectivity index (χ2n) is 3.02. The summed E-state index contributed by atoms with van der Waals surface area (Å²) in [6.07, 6.45) is 4.39. The Morgan fingerprint density at radius 2 is 2.17 bits per heavy atom. The summed E-state index contributed by atoms with van der Waals surface area (Å²) in [5.74, 6) is 0. The van der Waals surface area contributed by atoms with Crippen molar-refractivity contribution in [2.45, 2.75) is 19.8 Å². The molecule has 1 fully saturated rings. The molecule has 0 aromatic heterocycles. The van der Waals surface area contributed by atoms with Crippen LogP contribution >= 0.6 is 0 Å². The fraction of sp³-hybridized carbons (Fsp3) is 0.889. The SMILES string of the molecule is CCCCN=CN1CCOCC1. The predicted octanol–water partition coefficient (Wildman–Crippen LogP) is 1.15. The first-order valence-electron chi connectivity index (χ1n) is 4.75. The van der Waals surface area contributed by atoms with Crippen LogP contribution in [0.4, 0.5) is 0 Å². The maximum atomic E-state index is 5.22. The number of rotatable bonds is 4. The van der Waals surface area contributed by atoms with E-state index in [1.807, 2.05) is 6.34 Å². The Labute approximate surface area is 74.4 Å². The molecule has 0 aromatic rings. The molecule has 70 valence electrons. The van der Waals surface area contributed by atoms with Crippen LogP contribution in [0.2, 0.25) is 0 Å². The summed E-state index contributed by atoms with van der Waals surface area (Å²) in [5, 5.41) is 0. The van der Waals surface area contributed by atoms with Crippen LogP contribution < -0.4 is 0 Å². The fourth-order valence-electron chi connectivity index (χ4n) is 1.12. The van der Waals surface area contributed by atoms with Gasteiger partial charge < -0.3 is 9.64 Å². The number of hydrogen-bond acceptors (Lipinski definition) is 2. The van der Waals surface area contributed by atoms with Crippen molar-refractivity contribution in [2.24, 2.45) is 4.99 Å². The smallest absolute Gasteiger partial charge is 0.0851 e. The molecule has 1 aliphatic rings. The summed E-state index contributed by atoms with van der Waals surface area (Å²) in [7, 11) is 0. The Kier molecular flexibility index (Phi) is 4.76. The summed E-state index contributed by atoms with van der Waals surface area (Å²) in [4.78, 5) is 6.55. The molecule has 0 bridgehead atoms. The minimum atomic E-state index is 0.847. The number of morpholine rings is 1. The van der Waals surface area contributed by atoms with Gasteiger partial charge in [-0.15, -0.1) is 0 Å². The van der Waals surface area contributed by atoms with E-state index < -0.39 is 0 Å². The highest BCUT2D eigenvalue weighted by molar-refractivity contribution is 5.54. The van der Waals surface area contributed by atoms with Gasteiger partial charge in [0.2, 0.25) is 0 Å². The zero-order valence-corrected chi connectivity index (χ0v) is 7.83. The van der Waals surface area contributed by atoms with E-state index in [-0.39, 0.29) is 0 Å². The standard InChI is InChI=1S/C9H18N2O/c1-2-3-4-10-9-11-5-7-12-8-6-11/h9H,2-8H2,1H3. The lowest BCUT2D eigenvalue weighted by molar-refractivity contribution is 0.0700. The Balaban J connectivity index is 2.07. The van der Waals surface area contributed by atoms with Crippen LogP contribution in [0.25, 0.3) is 0 Å². The summed E-state index contributed by atoms with van der Waals surface area (Å²) in [6, 6.07) is 0. The van der Waals surface area contributed by atoms with Crippen molar-refractivity contribution in [3.63, 3.8) is 0 Å². The zero-order chi connectivity index (χ0) is 8.65. The number of unbranched alkanes of at least 4 members (excludes halogenated alkanes) is 1. The van der Waals surface area contributed by atoms with Crippen LogP contribution in [0.5, 0.6) is 0 Å². The summed E-state index contributed by atoms with van der Waals surface area (Å²) < 4.78 is 5.22. The largest absolute Gasteiger partial charge is 0.378 e. The van der Waals surface area contributed by atoms with Gasteiger partial charge in [-0.3, -0.25) is 4.99 Å². The van der Waals surface area contributed by atoms with Crippen molar-refractivity contribution in [3.05, 3.63) is 0 Å². The summed E-state index contributed by atoms with van der Waals surface area (Å²) in [5.41, 5.74) is 0. The molecule has 12 heavy (non-hydrogen) atoms. The first-order chi connectivity index (χ1) is 5.93. The highest BCUT2D eigenvalue weighted by Gasteiger charge is 2.04. The lowest BCUT2D eigenvalue weighted by Crippen LogP contribution is -2.35. The minimum Gasteiger partial charge on any atom is -0.378 e. The van der Waals surface area contributed by atoms with Crippen molar-refractivity contribution in [1.29, 1.82) is 0 Å². The van der Waals surface area contributed by atoms with Crippen molar-refractivity contribution in [1.82, 2.24) is 4.90 Å². The molecule has 1 rings (SSSR count). The molecule has 3 nitrogen and oxygen atoms in total. The van der Waals surface area contributed by atoms with E-state index in [1.165, 1.54) is 12.8 Å². The number of nitrogens with zero attached hydrogens (tertiary/aromatic N) is 2. The first-order valence-corrected chi connectivity index (χ1v) is 4.75. The molecular formula is C9H18N2O. The van der Waals surface area contributed by atoms with Crippen molar-refractivity contribution < 1.29 is 4.74 Å². The monoisotopic (exact) mass is 170 g/mol. The lowest BCUT2D eigenvalue weighted by Gasteiger charge is -2.24. The second kappa shape index (κ2) is 6.00. The molecule has 0 aromatic carbocycles. The van der Waals surface area contributed by atoms with Gasteiger partial charge in [-0.25, -0.2) is 0 Å². The first kappa shape index (κ1) is 9.52. The number of hydrogen-bond donors (Lipinski definition) is 0. The van der Waals surface area contributed by atoms with Crippen LogP contribution in [-0.2, 0) is 4.74 Å². The van der Waals surface area contributed by atoms with Crippen LogP contribution in [-0.4, -0.2) is 44.1 Å². The molecule has 1 saturated heterocycles. The van der Waals surface area contributed by atoms with Crippen LogP contribution in [0, 0.1) is 0 Å². The molecule has 0 unspecified atom stereocenters. The van der Waals surface area contributed by atoms with Gasteiger partial charge in [0, 0.05) is 19.6 Å². The van der Waals surface area contributed by atoms with E-state index in [0.717, 1.165) is 32.8 Å². The van der Waals surface area contributed by atoms with Gasteiger partial charge in [0.1, 0.15) is 0 Å². The van der Waals surface area contributed by atoms with E-state index >= 15 is 0 Å². The van der Waals surface area contributed by atoms with E-state index in [1.54, 1.807) is 0 Å². The molecular weight excluding hydrogens is 152 g/mol. The normalized spacial score (nSPS) is 18.9. The highest BCUT2D eigenvalue weighted by Crippen LogP contribution is 1.93. The average molecular weight is 170 g/mol. The number of ether oxygens (including phenoxy) is 1. The molecule has 0 spiro atoms. The van der Waals surface area contributed by atoms with Crippen molar-refractivity contribution in [2.75, 3.05) is 32.8 Å². The van der Waals surface area contributed by atoms with Gasteiger partial charge in [-0.2, -0.15) is 0 Å². The van der Waals surface area contributed by atoms with Gasteiger partial charge in [-0.05, 0) is 6.42 Å². The van der Waals surface area contributed by atoms with E-state index in [4.69, 9.17) is 4.74 Å². The van der Waals surface area contributed by atoms with Gasteiger partial charge >= 0.3 is 0 Å². The molecule has 0 aliphatic carbocycles. The molecule has 0 amide bonds. The van der Waals surface area contributed by atoms with Crippen molar-refractivity contribution >= 4 is 6.34 Å². The molecule has 3 heteroatoms. The van der Waals surface area contributed by atoms with Gasteiger partial charge in [0.15, 0.2) is 0 Å². The van der Waals surface area contributed by atoms with E-state index in [2.05, 4.69) is 16.8 Å². The maximum absolute atomic E-state index is 5.22. The summed E-state index contributed by atoms with van der Waals surface area (Å²) in [6.45, 7) is 6.84. The Morgan fingerprint density at radius 1 is 1.42 bits per heavy atom.